The molecule has 0 bridgehead atoms. The summed E-state index contributed by atoms with van der Waals surface area (Å²) in [6.45, 7) is 0.137. The number of carbonyl (C=O) groups excluding carboxylic acids is 2. The maximum atomic E-state index is 13.0. The lowest BCUT2D eigenvalue weighted by Crippen LogP contribution is -2.28. The highest BCUT2D eigenvalue weighted by molar-refractivity contribution is 5.89. The average molecular weight is 369 g/mol. The molecule has 7 nitrogen and oxygen atoms in total. The number of primary amides is 1. The summed E-state index contributed by atoms with van der Waals surface area (Å²) in [4.78, 5) is 26.8. The van der Waals surface area contributed by atoms with E-state index in [1.165, 1.54) is 18.3 Å². The number of ether oxygens (including phenoxy) is 1. The summed E-state index contributed by atoms with van der Waals surface area (Å²) in [5, 5.41) is 2.46. The van der Waals surface area contributed by atoms with Crippen molar-refractivity contribution in [3.05, 3.63) is 77.6 Å². The summed E-state index contributed by atoms with van der Waals surface area (Å²) in [7, 11) is 0. The van der Waals surface area contributed by atoms with Crippen molar-refractivity contribution in [1.29, 1.82) is 0 Å². The number of hydrogen-bond acceptors (Lipinski definition) is 5. The van der Waals surface area contributed by atoms with Gasteiger partial charge in [-0.05, 0) is 42.0 Å². The van der Waals surface area contributed by atoms with Gasteiger partial charge in [-0.25, -0.2) is 19.0 Å². The van der Waals surface area contributed by atoms with Gasteiger partial charge in [0.1, 0.15) is 5.82 Å². The standard InChI is InChI=1S/C19H16FN3O4/c20-15-7-5-13(6-8-15)16-10-22-17(27-16)11-26-18(24)14-3-1-12(2-4-14)9-23-19(21)25/h1-8,10H,9,11H2,(H3,21,23,25). The van der Waals surface area contributed by atoms with Crippen molar-refractivity contribution in [2.24, 2.45) is 5.73 Å². The lowest BCUT2D eigenvalue weighted by molar-refractivity contribution is 0.0439. The molecular formula is C19H16FN3O4. The Labute approximate surface area is 154 Å². The van der Waals surface area contributed by atoms with E-state index in [0.717, 1.165) is 5.56 Å². The van der Waals surface area contributed by atoms with E-state index in [2.05, 4.69) is 10.3 Å². The number of aromatic nitrogens is 1. The van der Waals surface area contributed by atoms with Crippen LogP contribution in [0.2, 0.25) is 0 Å². The molecule has 2 aromatic carbocycles. The first-order chi connectivity index (χ1) is 13.0. The van der Waals surface area contributed by atoms with Crippen molar-refractivity contribution in [2.45, 2.75) is 13.2 Å². The predicted octanol–water partition coefficient (Wildman–Crippen LogP) is 3.01. The first-order valence-corrected chi connectivity index (χ1v) is 8.01. The zero-order valence-electron chi connectivity index (χ0n) is 14.1. The quantitative estimate of drug-likeness (QED) is 0.650. The minimum Gasteiger partial charge on any atom is -0.452 e. The molecule has 0 aliphatic carbocycles. The average Bonchev–Trinajstić information content (AvgIpc) is 3.14. The number of nitrogens with one attached hydrogen (secondary N) is 1. The van der Waals surface area contributed by atoms with Crippen molar-refractivity contribution in [1.82, 2.24) is 10.3 Å². The molecule has 3 rings (SSSR count). The highest BCUT2D eigenvalue weighted by Gasteiger charge is 2.11. The van der Waals surface area contributed by atoms with Gasteiger partial charge in [-0.15, -0.1) is 0 Å². The Morgan fingerprint density at radius 1 is 1.11 bits per heavy atom. The maximum Gasteiger partial charge on any atom is 0.338 e. The maximum absolute atomic E-state index is 13.0. The Balaban J connectivity index is 1.56. The molecule has 2 amide bonds. The molecule has 0 radical (unpaired) electrons. The molecule has 0 saturated heterocycles. The van der Waals surface area contributed by atoms with Gasteiger partial charge >= 0.3 is 12.0 Å². The second-order valence-electron chi connectivity index (χ2n) is 5.62. The summed E-state index contributed by atoms with van der Waals surface area (Å²) >= 11 is 0. The first kappa shape index (κ1) is 18.1. The molecule has 3 aromatic rings. The van der Waals surface area contributed by atoms with E-state index in [0.29, 0.717) is 16.9 Å². The third-order valence-corrected chi connectivity index (χ3v) is 3.67. The van der Waals surface area contributed by atoms with E-state index in [1.807, 2.05) is 0 Å². The number of nitrogens with zero attached hydrogens (tertiary/aromatic N) is 1. The van der Waals surface area contributed by atoms with Crippen molar-refractivity contribution < 1.29 is 23.1 Å². The van der Waals surface area contributed by atoms with E-state index < -0.39 is 12.0 Å². The smallest absolute Gasteiger partial charge is 0.338 e. The Morgan fingerprint density at radius 2 is 1.81 bits per heavy atom. The highest BCUT2D eigenvalue weighted by Crippen LogP contribution is 2.21. The number of rotatable bonds is 6. The van der Waals surface area contributed by atoms with Gasteiger partial charge in [0.05, 0.1) is 11.8 Å². The van der Waals surface area contributed by atoms with Crippen LogP contribution >= 0.6 is 0 Å². The number of carbonyl (C=O) groups is 2. The fraction of sp³-hybridized carbons (Fsp3) is 0.105. The Morgan fingerprint density at radius 3 is 2.48 bits per heavy atom. The van der Waals surface area contributed by atoms with Gasteiger partial charge < -0.3 is 20.2 Å². The molecule has 0 atom stereocenters. The molecule has 3 N–H and O–H groups in total. The first-order valence-electron chi connectivity index (χ1n) is 8.01. The molecule has 8 heteroatoms. The molecule has 1 heterocycles. The molecule has 138 valence electrons. The summed E-state index contributed by atoms with van der Waals surface area (Å²) in [6.07, 6.45) is 1.48. The van der Waals surface area contributed by atoms with Crippen LogP contribution in [0, 0.1) is 5.82 Å². The van der Waals surface area contributed by atoms with Gasteiger partial charge in [0.15, 0.2) is 12.4 Å². The van der Waals surface area contributed by atoms with E-state index >= 15 is 0 Å². The molecule has 0 aliphatic heterocycles. The molecule has 0 aliphatic rings. The number of urea groups is 1. The van der Waals surface area contributed by atoms with E-state index in [1.54, 1.807) is 36.4 Å². The second kappa shape index (κ2) is 8.13. The Bertz CT molecular complexity index is 936. The van der Waals surface area contributed by atoms with E-state index in [-0.39, 0.29) is 24.9 Å². The topological polar surface area (TPSA) is 107 Å². The fourth-order valence-electron chi connectivity index (χ4n) is 2.28. The summed E-state index contributed by atoms with van der Waals surface area (Å²) in [5.74, 6) is -0.202. The monoisotopic (exact) mass is 369 g/mol. The third-order valence-electron chi connectivity index (χ3n) is 3.67. The number of hydrogen-bond donors (Lipinski definition) is 2. The summed E-state index contributed by atoms with van der Waals surface area (Å²) in [5.41, 5.74) is 6.81. The molecule has 0 saturated carbocycles. The predicted molar refractivity (Wildman–Crippen MR) is 93.9 cm³/mol. The fourth-order valence-corrected chi connectivity index (χ4v) is 2.28. The molecule has 0 fully saturated rings. The Hall–Kier alpha value is -3.68. The molecule has 0 spiro atoms. The van der Waals surface area contributed by atoms with Gasteiger partial charge in [0.2, 0.25) is 5.89 Å². The highest BCUT2D eigenvalue weighted by atomic mass is 19.1. The number of oxazole rings is 1. The summed E-state index contributed by atoms with van der Waals surface area (Å²) in [6, 6.07) is 11.7. The van der Waals surface area contributed by atoms with Crippen molar-refractivity contribution in [2.75, 3.05) is 0 Å². The molecule has 1 aromatic heterocycles. The van der Waals surface area contributed by atoms with Crippen LogP contribution in [-0.4, -0.2) is 17.0 Å². The SMILES string of the molecule is NC(=O)NCc1ccc(C(=O)OCc2ncc(-c3ccc(F)cc3)o2)cc1. The van der Waals surface area contributed by atoms with Crippen LogP contribution in [0.3, 0.4) is 0 Å². The van der Waals surface area contributed by atoms with Gasteiger partial charge in [-0.1, -0.05) is 12.1 Å². The number of amides is 2. The van der Waals surface area contributed by atoms with Gasteiger partial charge in [-0.2, -0.15) is 0 Å². The van der Waals surface area contributed by atoms with Gasteiger partial charge in [0.25, 0.3) is 0 Å². The minimum absolute atomic E-state index is 0.134. The number of halogens is 1. The van der Waals surface area contributed by atoms with Crippen LogP contribution < -0.4 is 11.1 Å². The van der Waals surface area contributed by atoms with Gasteiger partial charge in [0, 0.05) is 12.1 Å². The van der Waals surface area contributed by atoms with Crippen molar-refractivity contribution in [3.8, 4) is 11.3 Å². The molecular weight excluding hydrogens is 353 g/mol. The normalized spacial score (nSPS) is 10.4. The second-order valence-corrected chi connectivity index (χ2v) is 5.62. The van der Waals surface area contributed by atoms with Crippen LogP contribution in [0.1, 0.15) is 21.8 Å². The van der Waals surface area contributed by atoms with Crippen molar-refractivity contribution >= 4 is 12.0 Å². The largest absolute Gasteiger partial charge is 0.452 e. The lowest BCUT2D eigenvalue weighted by atomic mass is 10.1. The molecule has 0 unspecified atom stereocenters. The van der Waals surface area contributed by atoms with Crippen LogP contribution in [-0.2, 0) is 17.9 Å². The number of esters is 1. The van der Waals surface area contributed by atoms with E-state index in [9.17, 15) is 14.0 Å². The zero-order chi connectivity index (χ0) is 19.2. The Kier molecular flexibility index (Phi) is 5.46. The minimum atomic E-state index is -0.621. The van der Waals surface area contributed by atoms with Crippen LogP contribution in [0.25, 0.3) is 11.3 Å². The number of benzene rings is 2. The lowest BCUT2D eigenvalue weighted by Gasteiger charge is -2.05. The number of nitrogens with two attached hydrogens (primary N) is 1. The summed E-state index contributed by atoms with van der Waals surface area (Å²) < 4.78 is 23.6. The van der Waals surface area contributed by atoms with E-state index in [4.69, 9.17) is 14.9 Å². The van der Waals surface area contributed by atoms with Gasteiger partial charge in [-0.3, -0.25) is 0 Å². The van der Waals surface area contributed by atoms with Crippen LogP contribution in [0.4, 0.5) is 9.18 Å². The molecule has 27 heavy (non-hydrogen) atoms. The van der Waals surface area contributed by atoms with Crippen LogP contribution in [0.5, 0.6) is 0 Å². The third kappa shape index (κ3) is 4.91. The van der Waals surface area contributed by atoms with Crippen molar-refractivity contribution in [3.63, 3.8) is 0 Å². The van der Waals surface area contributed by atoms with Crippen LogP contribution in [0.15, 0.2) is 59.1 Å². The zero-order valence-corrected chi connectivity index (χ0v) is 14.1.